The molecular formula is C25H32. The molecule has 1 aliphatic carbocycles. The third kappa shape index (κ3) is 4.63. The fourth-order valence-electron chi connectivity index (χ4n) is 4.04. The van der Waals surface area contributed by atoms with Crippen LogP contribution >= 0.6 is 0 Å². The van der Waals surface area contributed by atoms with E-state index in [1.807, 2.05) is 0 Å². The Morgan fingerprint density at radius 1 is 0.760 bits per heavy atom. The van der Waals surface area contributed by atoms with E-state index in [1.165, 1.54) is 79.2 Å². The zero-order valence-corrected chi connectivity index (χ0v) is 15.9. The van der Waals surface area contributed by atoms with Gasteiger partial charge in [0.2, 0.25) is 0 Å². The van der Waals surface area contributed by atoms with E-state index in [-0.39, 0.29) is 0 Å². The lowest BCUT2D eigenvalue weighted by Crippen LogP contribution is -1.99. The van der Waals surface area contributed by atoms with Crippen LogP contribution in [0.3, 0.4) is 0 Å². The van der Waals surface area contributed by atoms with Gasteiger partial charge in [-0.25, -0.2) is 0 Å². The third-order valence-corrected chi connectivity index (χ3v) is 5.54. The Hall–Kier alpha value is -1.82. The molecule has 132 valence electrons. The molecule has 0 spiro atoms. The van der Waals surface area contributed by atoms with Crippen molar-refractivity contribution < 1.29 is 0 Å². The molecule has 3 rings (SSSR count). The second-order valence-electron chi connectivity index (χ2n) is 7.56. The van der Waals surface area contributed by atoms with Gasteiger partial charge in [0.25, 0.3) is 0 Å². The topological polar surface area (TPSA) is 0 Å². The molecule has 1 unspecified atom stereocenters. The van der Waals surface area contributed by atoms with Crippen molar-refractivity contribution in [2.75, 3.05) is 0 Å². The average Bonchev–Trinajstić information content (AvgIpc) is 3.00. The monoisotopic (exact) mass is 332 g/mol. The lowest BCUT2D eigenvalue weighted by atomic mass is 9.86. The van der Waals surface area contributed by atoms with Gasteiger partial charge in [0.05, 0.1) is 0 Å². The molecular weight excluding hydrogens is 300 g/mol. The molecule has 2 aromatic rings. The van der Waals surface area contributed by atoms with Gasteiger partial charge in [0, 0.05) is 5.92 Å². The fourth-order valence-corrected chi connectivity index (χ4v) is 4.04. The first kappa shape index (κ1) is 18.0. The van der Waals surface area contributed by atoms with Crippen LogP contribution in [0.1, 0.15) is 86.5 Å². The third-order valence-electron chi connectivity index (χ3n) is 5.54. The summed E-state index contributed by atoms with van der Waals surface area (Å²) in [5, 5.41) is 0. The molecule has 0 aliphatic heterocycles. The molecule has 0 N–H and O–H groups in total. The summed E-state index contributed by atoms with van der Waals surface area (Å²) in [6.07, 6.45) is 13.4. The van der Waals surface area contributed by atoms with Crippen LogP contribution in [0.2, 0.25) is 0 Å². The minimum atomic E-state index is 0.578. The van der Waals surface area contributed by atoms with Gasteiger partial charge in [-0.2, -0.15) is 0 Å². The van der Waals surface area contributed by atoms with Crippen LogP contribution in [-0.2, 0) is 0 Å². The van der Waals surface area contributed by atoms with Crippen LogP contribution in [0.5, 0.6) is 0 Å². The van der Waals surface area contributed by atoms with E-state index in [9.17, 15) is 0 Å². The second-order valence-corrected chi connectivity index (χ2v) is 7.56. The highest BCUT2D eigenvalue weighted by Gasteiger charge is 2.25. The van der Waals surface area contributed by atoms with E-state index < -0.39 is 0 Å². The SMILES string of the molecule is CCCCCCCCCC1C(c2ccc(C)cc2)=Cc2ccccc21. The molecule has 0 amide bonds. The lowest BCUT2D eigenvalue weighted by molar-refractivity contribution is 0.566. The molecule has 0 saturated heterocycles. The van der Waals surface area contributed by atoms with E-state index in [0.717, 1.165) is 0 Å². The molecule has 25 heavy (non-hydrogen) atoms. The van der Waals surface area contributed by atoms with Crippen LogP contribution < -0.4 is 0 Å². The molecule has 0 fully saturated rings. The molecule has 0 aromatic heterocycles. The Labute approximate surface area is 154 Å². The van der Waals surface area contributed by atoms with Crippen molar-refractivity contribution in [3.05, 3.63) is 70.8 Å². The highest BCUT2D eigenvalue weighted by molar-refractivity contribution is 5.91. The van der Waals surface area contributed by atoms with Crippen molar-refractivity contribution in [1.82, 2.24) is 0 Å². The van der Waals surface area contributed by atoms with Gasteiger partial charge in [0.1, 0.15) is 0 Å². The zero-order chi connectivity index (χ0) is 17.5. The van der Waals surface area contributed by atoms with E-state index in [0.29, 0.717) is 5.92 Å². The lowest BCUT2D eigenvalue weighted by Gasteiger charge is -2.17. The first-order chi connectivity index (χ1) is 12.3. The molecule has 0 heterocycles. The predicted octanol–water partition coefficient (Wildman–Crippen LogP) is 7.77. The minimum Gasteiger partial charge on any atom is -0.0654 e. The number of hydrogen-bond acceptors (Lipinski definition) is 0. The Bertz CT molecular complexity index is 690. The van der Waals surface area contributed by atoms with Crippen LogP contribution in [-0.4, -0.2) is 0 Å². The Morgan fingerprint density at radius 3 is 2.20 bits per heavy atom. The summed E-state index contributed by atoms with van der Waals surface area (Å²) in [5.74, 6) is 0.578. The fraction of sp³-hybridized carbons (Fsp3) is 0.440. The van der Waals surface area contributed by atoms with Crippen molar-refractivity contribution in [3.63, 3.8) is 0 Å². The number of rotatable bonds is 9. The zero-order valence-electron chi connectivity index (χ0n) is 15.9. The summed E-state index contributed by atoms with van der Waals surface area (Å²) in [5.41, 5.74) is 7.21. The van der Waals surface area contributed by atoms with Gasteiger partial charge >= 0.3 is 0 Å². The van der Waals surface area contributed by atoms with Crippen LogP contribution in [0.15, 0.2) is 48.5 Å². The van der Waals surface area contributed by atoms with Gasteiger partial charge in [-0.15, -0.1) is 0 Å². The summed E-state index contributed by atoms with van der Waals surface area (Å²) in [4.78, 5) is 0. The van der Waals surface area contributed by atoms with Gasteiger partial charge in [-0.1, -0.05) is 112 Å². The Morgan fingerprint density at radius 2 is 1.44 bits per heavy atom. The van der Waals surface area contributed by atoms with Crippen molar-refractivity contribution in [3.8, 4) is 0 Å². The minimum absolute atomic E-state index is 0.578. The van der Waals surface area contributed by atoms with Crippen molar-refractivity contribution >= 4 is 11.6 Å². The molecule has 0 nitrogen and oxygen atoms in total. The van der Waals surface area contributed by atoms with Crippen LogP contribution in [0.4, 0.5) is 0 Å². The molecule has 2 aromatic carbocycles. The van der Waals surface area contributed by atoms with Crippen LogP contribution in [0.25, 0.3) is 11.6 Å². The average molecular weight is 333 g/mol. The van der Waals surface area contributed by atoms with E-state index >= 15 is 0 Å². The molecule has 0 heteroatoms. The number of hydrogen-bond donors (Lipinski definition) is 0. The predicted molar refractivity (Wildman–Crippen MR) is 111 cm³/mol. The van der Waals surface area contributed by atoms with E-state index in [4.69, 9.17) is 0 Å². The highest BCUT2D eigenvalue weighted by Crippen LogP contribution is 2.44. The van der Waals surface area contributed by atoms with Gasteiger partial charge in [-0.05, 0) is 35.6 Å². The van der Waals surface area contributed by atoms with E-state index in [2.05, 4.69) is 68.5 Å². The van der Waals surface area contributed by atoms with Crippen LogP contribution in [0, 0.1) is 6.92 Å². The summed E-state index contributed by atoms with van der Waals surface area (Å²) in [6, 6.07) is 18.0. The van der Waals surface area contributed by atoms with Gasteiger partial charge < -0.3 is 0 Å². The van der Waals surface area contributed by atoms with Gasteiger partial charge in [-0.3, -0.25) is 0 Å². The smallest absolute Gasteiger partial charge is 0.0101 e. The van der Waals surface area contributed by atoms with Crippen molar-refractivity contribution in [2.24, 2.45) is 0 Å². The molecule has 1 atom stereocenters. The van der Waals surface area contributed by atoms with E-state index in [1.54, 1.807) is 0 Å². The molecule has 0 saturated carbocycles. The van der Waals surface area contributed by atoms with Crippen molar-refractivity contribution in [2.45, 2.75) is 71.1 Å². The largest absolute Gasteiger partial charge is 0.0654 e. The molecule has 1 aliphatic rings. The Balaban J connectivity index is 1.64. The summed E-state index contributed by atoms with van der Waals surface area (Å²) in [6.45, 7) is 4.45. The normalized spacial score (nSPS) is 15.9. The molecule has 0 radical (unpaired) electrons. The number of unbranched alkanes of at least 4 members (excludes halogenated alkanes) is 6. The maximum Gasteiger partial charge on any atom is 0.0101 e. The summed E-state index contributed by atoms with van der Waals surface area (Å²) < 4.78 is 0. The summed E-state index contributed by atoms with van der Waals surface area (Å²) in [7, 11) is 0. The maximum atomic E-state index is 2.42. The standard InChI is InChI=1S/C25H32/c1-3-4-5-6-7-8-9-14-24-23-13-11-10-12-22(23)19-25(24)21-17-15-20(2)16-18-21/h10-13,15-19,24H,3-9,14H2,1-2H3. The number of benzene rings is 2. The first-order valence-corrected chi connectivity index (χ1v) is 10.2. The number of fused-ring (bicyclic) bond motifs is 1. The number of aryl methyl sites for hydroxylation is 1. The maximum absolute atomic E-state index is 2.42. The summed E-state index contributed by atoms with van der Waals surface area (Å²) >= 11 is 0. The van der Waals surface area contributed by atoms with Gasteiger partial charge in [0.15, 0.2) is 0 Å². The molecule has 0 bridgehead atoms. The Kier molecular flexibility index (Phi) is 6.50. The first-order valence-electron chi connectivity index (χ1n) is 10.2. The highest BCUT2D eigenvalue weighted by atomic mass is 14.3. The second kappa shape index (κ2) is 9.04. The van der Waals surface area contributed by atoms with Crippen molar-refractivity contribution in [1.29, 1.82) is 0 Å². The number of allylic oxidation sites excluding steroid dienone is 1. The quantitative estimate of drug-likeness (QED) is 0.411.